The number of hydrogen-bond donors (Lipinski definition) is 4. The molecule has 0 aliphatic heterocycles. The van der Waals surface area contributed by atoms with Gasteiger partial charge in [-0.25, -0.2) is 9.78 Å². The number of aromatic carboxylic acids is 1. The molecule has 11 nitrogen and oxygen atoms in total. The van der Waals surface area contributed by atoms with E-state index in [0.717, 1.165) is 11.3 Å². The minimum Gasteiger partial charge on any atom is -0.477 e. The van der Waals surface area contributed by atoms with Crippen molar-refractivity contribution in [3.05, 3.63) is 40.4 Å². The van der Waals surface area contributed by atoms with Gasteiger partial charge in [-0.3, -0.25) is 10.1 Å². The normalized spacial score (nSPS) is 11.3. The molecule has 0 aliphatic carbocycles. The lowest BCUT2D eigenvalue weighted by Gasteiger charge is -2.04. The van der Waals surface area contributed by atoms with Crippen molar-refractivity contribution in [3.8, 4) is 11.4 Å². The predicted octanol–water partition coefficient (Wildman–Crippen LogP) is 0.706. The van der Waals surface area contributed by atoms with E-state index >= 15 is 0 Å². The van der Waals surface area contributed by atoms with Gasteiger partial charge in [-0.2, -0.15) is 10.2 Å². The molecule has 3 aromatic rings. The van der Waals surface area contributed by atoms with Crippen molar-refractivity contribution in [1.29, 1.82) is 0 Å². The summed E-state index contributed by atoms with van der Waals surface area (Å²) in [6.07, 6.45) is 0. The highest BCUT2D eigenvalue weighted by Crippen LogP contribution is 2.24. The molecule has 0 spiro atoms. The molecule has 2 heterocycles. The van der Waals surface area contributed by atoms with Crippen LogP contribution in [0.4, 0.5) is 5.13 Å². The fraction of sp³-hybridized carbons (Fsp3) is 0.0714. The number of nitrogens with two attached hydrogens (primary N) is 1. The van der Waals surface area contributed by atoms with Crippen molar-refractivity contribution >= 4 is 34.3 Å². The fourth-order valence-electron chi connectivity index (χ4n) is 2.00. The number of amides is 1. The fourth-order valence-corrected chi connectivity index (χ4v) is 2.79. The van der Waals surface area contributed by atoms with Gasteiger partial charge in [0.1, 0.15) is 4.88 Å². The van der Waals surface area contributed by atoms with Gasteiger partial charge in [0.05, 0.1) is 5.69 Å². The smallest absolute Gasteiger partial charge is 0.347 e. The average Bonchev–Trinajstić information content (AvgIpc) is 3.24. The summed E-state index contributed by atoms with van der Waals surface area (Å²) in [6.45, 7) is 1.55. The molecule has 0 bridgehead atoms. The molecule has 3 rings (SSSR count). The number of aryl methyl sites for hydroxylation is 1. The topological polar surface area (TPSA) is 172 Å². The number of carboxylic acids is 1. The Hall–Kier alpha value is -3.67. The summed E-state index contributed by atoms with van der Waals surface area (Å²) in [5.41, 5.74) is 7.06. The number of hydrogen-bond acceptors (Lipinski definition) is 8. The number of thiazole rings is 1. The Labute approximate surface area is 150 Å². The lowest BCUT2D eigenvalue weighted by atomic mass is 10.1. The van der Waals surface area contributed by atoms with Gasteiger partial charge in [-0.05, 0) is 24.3 Å². The zero-order valence-electron chi connectivity index (χ0n) is 13.3. The first-order valence-electron chi connectivity index (χ1n) is 7.14. The van der Waals surface area contributed by atoms with Crippen molar-refractivity contribution in [2.24, 2.45) is 10.7 Å². The van der Waals surface area contributed by atoms with E-state index in [2.05, 4.69) is 35.9 Å². The summed E-state index contributed by atoms with van der Waals surface area (Å²) < 4.78 is 0. The molecule has 12 heteroatoms. The van der Waals surface area contributed by atoms with Gasteiger partial charge >= 0.3 is 5.97 Å². The number of nitrogens with one attached hydrogen (secondary N) is 2. The first-order chi connectivity index (χ1) is 12.4. The molecule has 5 N–H and O–H groups in total. The highest BCUT2D eigenvalue weighted by Gasteiger charge is 2.14. The first-order valence-corrected chi connectivity index (χ1v) is 7.96. The summed E-state index contributed by atoms with van der Waals surface area (Å²) in [5.74, 6) is -1.35. The molecule has 0 saturated carbocycles. The Balaban J connectivity index is 1.70. The lowest BCUT2D eigenvalue weighted by molar-refractivity contribution is 0.0701. The third-order valence-corrected chi connectivity index (χ3v) is 4.23. The molecule has 1 amide bonds. The Morgan fingerprint density at radius 2 is 2.04 bits per heavy atom. The van der Waals surface area contributed by atoms with Crippen molar-refractivity contribution in [1.82, 2.24) is 30.9 Å². The standard InChI is InChI=1S/C14H12N8O3S/c1-6-9(12(24)25)26-14(16-6)18-13(15)17-11(23)8-4-2-7(3-5-8)10-19-21-22-20-10/h2-5H,1H3,(H,24,25)(H,19,20,21,22)(H3,15,16,17,18,23). The number of aromatic nitrogens is 5. The van der Waals surface area contributed by atoms with E-state index in [1.54, 1.807) is 31.2 Å². The SMILES string of the molecule is Cc1nc(/N=C(\N)NC(=O)c2ccc(-c3nn[nH]n3)cc2)sc1C(=O)O. The second-order valence-corrected chi connectivity index (χ2v) is 5.96. The van der Waals surface area contributed by atoms with E-state index < -0.39 is 11.9 Å². The van der Waals surface area contributed by atoms with E-state index in [4.69, 9.17) is 10.8 Å². The van der Waals surface area contributed by atoms with Gasteiger partial charge in [0.2, 0.25) is 16.9 Å². The van der Waals surface area contributed by atoms with Crippen LogP contribution in [0.2, 0.25) is 0 Å². The Morgan fingerprint density at radius 3 is 2.62 bits per heavy atom. The number of nitrogens with zero attached hydrogens (tertiary/aromatic N) is 5. The molecule has 26 heavy (non-hydrogen) atoms. The van der Waals surface area contributed by atoms with Crippen LogP contribution >= 0.6 is 11.3 Å². The van der Waals surface area contributed by atoms with Crippen molar-refractivity contribution in [2.45, 2.75) is 6.92 Å². The molecule has 0 unspecified atom stereocenters. The van der Waals surface area contributed by atoms with Crippen LogP contribution in [0, 0.1) is 6.92 Å². The number of rotatable bonds is 4. The number of aromatic amines is 1. The van der Waals surface area contributed by atoms with Crippen LogP contribution in [0.25, 0.3) is 11.4 Å². The Bertz CT molecular complexity index is 978. The van der Waals surface area contributed by atoms with Gasteiger partial charge < -0.3 is 10.8 Å². The summed E-state index contributed by atoms with van der Waals surface area (Å²) >= 11 is 0.867. The number of benzene rings is 1. The number of tetrazole rings is 1. The number of carbonyl (C=O) groups is 2. The maximum absolute atomic E-state index is 12.2. The van der Waals surface area contributed by atoms with Crippen LogP contribution in [0.3, 0.4) is 0 Å². The maximum Gasteiger partial charge on any atom is 0.347 e. The number of guanidine groups is 1. The van der Waals surface area contributed by atoms with Crippen LogP contribution < -0.4 is 11.1 Å². The number of carboxylic acid groups (broad SMARTS) is 1. The minimum atomic E-state index is -1.09. The van der Waals surface area contributed by atoms with Crippen LogP contribution in [0.1, 0.15) is 25.7 Å². The van der Waals surface area contributed by atoms with E-state index in [1.807, 2.05) is 0 Å². The van der Waals surface area contributed by atoms with E-state index in [-0.39, 0.29) is 16.0 Å². The third-order valence-electron chi connectivity index (χ3n) is 3.19. The Kier molecular flexibility index (Phi) is 4.66. The second kappa shape index (κ2) is 7.06. The molecular formula is C14H12N8O3S. The molecule has 0 fully saturated rings. The van der Waals surface area contributed by atoms with Crippen LogP contribution in [0.5, 0.6) is 0 Å². The highest BCUT2D eigenvalue weighted by atomic mass is 32.1. The molecule has 1 aromatic carbocycles. The highest BCUT2D eigenvalue weighted by molar-refractivity contribution is 7.17. The number of aliphatic imine (C=N–C) groups is 1. The summed E-state index contributed by atoms with van der Waals surface area (Å²) in [7, 11) is 0. The predicted molar refractivity (Wildman–Crippen MR) is 92.2 cm³/mol. The number of carbonyl (C=O) groups excluding carboxylic acids is 1. The molecule has 0 radical (unpaired) electrons. The van der Waals surface area contributed by atoms with E-state index in [9.17, 15) is 9.59 Å². The monoisotopic (exact) mass is 372 g/mol. The molecule has 0 aliphatic rings. The van der Waals surface area contributed by atoms with Gasteiger partial charge in [0.15, 0.2) is 0 Å². The zero-order chi connectivity index (χ0) is 18.7. The van der Waals surface area contributed by atoms with E-state index in [0.29, 0.717) is 22.6 Å². The third kappa shape index (κ3) is 3.70. The first kappa shape index (κ1) is 17.2. The summed E-state index contributed by atoms with van der Waals surface area (Å²) in [5, 5.41) is 25.1. The van der Waals surface area contributed by atoms with Crippen LogP contribution in [-0.2, 0) is 0 Å². The van der Waals surface area contributed by atoms with Gasteiger partial charge in [-0.15, -0.1) is 10.2 Å². The summed E-state index contributed by atoms with van der Waals surface area (Å²) in [4.78, 5) is 31.2. The molecule has 0 atom stereocenters. The van der Waals surface area contributed by atoms with Crippen molar-refractivity contribution < 1.29 is 14.7 Å². The summed E-state index contributed by atoms with van der Waals surface area (Å²) in [6, 6.07) is 6.47. The molecule has 0 saturated heterocycles. The van der Waals surface area contributed by atoms with Crippen LogP contribution in [0.15, 0.2) is 29.3 Å². The minimum absolute atomic E-state index is 0.0694. The Morgan fingerprint density at radius 1 is 1.31 bits per heavy atom. The molecule has 2 aromatic heterocycles. The van der Waals surface area contributed by atoms with Gasteiger partial charge in [0, 0.05) is 11.1 Å². The molecule has 132 valence electrons. The zero-order valence-corrected chi connectivity index (χ0v) is 14.1. The van der Waals surface area contributed by atoms with Gasteiger partial charge in [-0.1, -0.05) is 23.5 Å². The van der Waals surface area contributed by atoms with Crippen LogP contribution in [-0.4, -0.2) is 48.6 Å². The van der Waals surface area contributed by atoms with Crippen molar-refractivity contribution in [2.75, 3.05) is 0 Å². The van der Waals surface area contributed by atoms with Crippen molar-refractivity contribution in [3.63, 3.8) is 0 Å². The quantitative estimate of drug-likeness (QED) is 0.383. The molecular weight excluding hydrogens is 360 g/mol. The largest absolute Gasteiger partial charge is 0.477 e. The average molecular weight is 372 g/mol. The van der Waals surface area contributed by atoms with E-state index in [1.165, 1.54) is 0 Å². The maximum atomic E-state index is 12.2. The second-order valence-electron chi connectivity index (χ2n) is 4.98. The lowest BCUT2D eigenvalue weighted by Crippen LogP contribution is -2.36. The number of H-pyrrole nitrogens is 1. The van der Waals surface area contributed by atoms with Gasteiger partial charge in [0.25, 0.3) is 5.91 Å².